The van der Waals surface area contributed by atoms with Gasteiger partial charge < -0.3 is 14.9 Å². The second-order valence-electron chi connectivity index (χ2n) is 5.26. The lowest BCUT2D eigenvalue weighted by molar-refractivity contribution is -0.145. The normalized spacial score (nSPS) is 17.1. The first kappa shape index (κ1) is 13.5. The van der Waals surface area contributed by atoms with Crippen LogP contribution in [0.2, 0.25) is 0 Å². The first-order chi connectivity index (χ1) is 8.82. The SMILES string of the molecule is CN1CCN(c2ccccc2C(C)(C)O)C(=O)C1=O. The lowest BCUT2D eigenvalue weighted by Crippen LogP contribution is -2.53. The van der Waals surface area contributed by atoms with Crippen molar-refractivity contribution < 1.29 is 14.7 Å². The fraction of sp³-hybridized carbons (Fsp3) is 0.429. The molecule has 5 heteroatoms. The van der Waals surface area contributed by atoms with E-state index >= 15 is 0 Å². The Hall–Kier alpha value is -1.88. The van der Waals surface area contributed by atoms with Gasteiger partial charge in [-0.15, -0.1) is 0 Å². The van der Waals surface area contributed by atoms with Gasteiger partial charge in [0.05, 0.1) is 11.3 Å². The summed E-state index contributed by atoms with van der Waals surface area (Å²) in [5.74, 6) is -1.07. The minimum Gasteiger partial charge on any atom is -0.386 e. The van der Waals surface area contributed by atoms with Crippen molar-refractivity contribution in [3.63, 3.8) is 0 Å². The molecular formula is C14H18N2O3. The van der Waals surface area contributed by atoms with E-state index in [9.17, 15) is 14.7 Å². The molecule has 0 saturated carbocycles. The van der Waals surface area contributed by atoms with Crippen LogP contribution >= 0.6 is 0 Å². The molecule has 1 heterocycles. The highest BCUT2D eigenvalue weighted by Gasteiger charge is 2.34. The predicted octanol–water partition coefficient (Wildman–Crippen LogP) is 0.719. The third-order valence-electron chi connectivity index (χ3n) is 3.29. The lowest BCUT2D eigenvalue weighted by atomic mass is 9.95. The largest absolute Gasteiger partial charge is 0.386 e. The maximum Gasteiger partial charge on any atom is 0.316 e. The lowest BCUT2D eigenvalue weighted by Gasteiger charge is -2.34. The summed E-state index contributed by atoms with van der Waals surface area (Å²) >= 11 is 0. The van der Waals surface area contributed by atoms with Crippen LogP contribution in [0, 0.1) is 0 Å². The summed E-state index contributed by atoms with van der Waals surface area (Å²) in [5.41, 5.74) is 0.172. The number of carbonyl (C=O) groups excluding carboxylic acids is 2. The molecule has 0 radical (unpaired) electrons. The number of para-hydroxylation sites is 1. The van der Waals surface area contributed by atoms with Gasteiger partial charge in [-0.3, -0.25) is 9.59 Å². The molecule has 1 aromatic carbocycles. The van der Waals surface area contributed by atoms with E-state index in [1.165, 1.54) is 9.80 Å². The molecule has 5 nitrogen and oxygen atoms in total. The summed E-state index contributed by atoms with van der Waals surface area (Å²) in [7, 11) is 1.61. The van der Waals surface area contributed by atoms with E-state index in [1.54, 1.807) is 45.2 Å². The Kier molecular flexibility index (Phi) is 3.32. The second kappa shape index (κ2) is 4.66. The summed E-state index contributed by atoms with van der Waals surface area (Å²) < 4.78 is 0. The van der Waals surface area contributed by atoms with Gasteiger partial charge in [0.25, 0.3) is 0 Å². The van der Waals surface area contributed by atoms with Crippen LogP contribution in [0.15, 0.2) is 24.3 Å². The number of hydrogen-bond donors (Lipinski definition) is 1. The van der Waals surface area contributed by atoms with Gasteiger partial charge in [0.1, 0.15) is 0 Å². The van der Waals surface area contributed by atoms with Crippen LogP contribution in [-0.2, 0) is 15.2 Å². The highest BCUT2D eigenvalue weighted by molar-refractivity contribution is 6.41. The number of carbonyl (C=O) groups is 2. The zero-order chi connectivity index (χ0) is 14.2. The van der Waals surface area contributed by atoms with Crippen LogP contribution in [0.1, 0.15) is 19.4 Å². The average Bonchev–Trinajstić information content (AvgIpc) is 2.35. The number of hydrogen-bond acceptors (Lipinski definition) is 3. The predicted molar refractivity (Wildman–Crippen MR) is 71.7 cm³/mol. The van der Waals surface area contributed by atoms with Crippen LogP contribution in [0.25, 0.3) is 0 Å². The van der Waals surface area contributed by atoms with Crippen LogP contribution in [-0.4, -0.2) is 42.0 Å². The van der Waals surface area contributed by atoms with E-state index in [-0.39, 0.29) is 0 Å². The summed E-state index contributed by atoms with van der Waals surface area (Å²) in [4.78, 5) is 26.7. The summed E-state index contributed by atoms with van der Waals surface area (Å²) in [6.07, 6.45) is 0. The van der Waals surface area contributed by atoms with Crippen LogP contribution in [0.4, 0.5) is 5.69 Å². The highest BCUT2D eigenvalue weighted by atomic mass is 16.3. The molecule has 2 amide bonds. The van der Waals surface area contributed by atoms with Gasteiger partial charge in [0.2, 0.25) is 0 Å². The molecule has 2 rings (SSSR count). The van der Waals surface area contributed by atoms with Crippen molar-refractivity contribution in [3.05, 3.63) is 29.8 Å². The van der Waals surface area contributed by atoms with Crippen molar-refractivity contribution in [2.75, 3.05) is 25.0 Å². The van der Waals surface area contributed by atoms with Gasteiger partial charge in [-0.25, -0.2) is 0 Å². The Balaban J connectivity index is 2.43. The Morgan fingerprint density at radius 1 is 1.11 bits per heavy atom. The molecule has 1 fully saturated rings. The van der Waals surface area contributed by atoms with E-state index in [1.807, 2.05) is 0 Å². The first-order valence-electron chi connectivity index (χ1n) is 6.21. The van der Waals surface area contributed by atoms with Gasteiger partial charge >= 0.3 is 11.8 Å². The van der Waals surface area contributed by atoms with E-state index < -0.39 is 17.4 Å². The number of aliphatic hydroxyl groups is 1. The van der Waals surface area contributed by atoms with Crippen molar-refractivity contribution >= 4 is 17.5 Å². The standard InChI is InChI=1S/C14H18N2O3/c1-14(2,19)10-6-4-5-7-11(10)16-9-8-15(3)12(17)13(16)18/h4-7,19H,8-9H2,1-3H3. The molecular weight excluding hydrogens is 244 g/mol. The molecule has 1 N–H and O–H groups in total. The third kappa shape index (κ3) is 2.46. The zero-order valence-corrected chi connectivity index (χ0v) is 11.4. The topological polar surface area (TPSA) is 60.9 Å². The maximum absolute atomic E-state index is 12.1. The number of likely N-dealkylation sites (N-methyl/N-ethyl adjacent to an activating group) is 1. The van der Waals surface area contributed by atoms with Crippen molar-refractivity contribution in [2.45, 2.75) is 19.4 Å². The molecule has 1 aliphatic rings. The number of amides is 2. The van der Waals surface area contributed by atoms with Crippen molar-refractivity contribution in [3.8, 4) is 0 Å². The van der Waals surface area contributed by atoms with Crippen molar-refractivity contribution in [2.24, 2.45) is 0 Å². The summed E-state index contributed by atoms with van der Waals surface area (Å²) in [6.45, 7) is 4.25. The van der Waals surface area contributed by atoms with Gasteiger partial charge in [0.15, 0.2) is 0 Å². The molecule has 19 heavy (non-hydrogen) atoms. The Labute approximate surface area is 112 Å². The van der Waals surface area contributed by atoms with Crippen molar-refractivity contribution in [1.82, 2.24) is 4.90 Å². The molecule has 0 atom stereocenters. The van der Waals surface area contributed by atoms with Crippen LogP contribution < -0.4 is 4.90 Å². The fourth-order valence-corrected chi connectivity index (χ4v) is 2.19. The molecule has 0 unspecified atom stereocenters. The molecule has 1 saturated heterocycles. The number of anilines is 1. The van der Waals surface area contributed by atoms with E-state index in [0.29, 0.717) is 24.3 Å². The number of piperazine rings is 1. The zero-order valence-electron chi connectivity index (χ0n) is 11.4. The smallest absolute Gasteiger partial charge is 0.316 e. The molecule has 0 spiro atoms. The maximum atomic E-state index is 12.1. The van der Waals surface area contributed by atoms with Crippen molar-refractivity contribution in [1.29, 1.82) is 0 Å². The van der Waals surface area contributed by atoms with Gasteiger partial charge in [-0.05, 0) is 19.9 Å². The van der Waals surface area contributed by atoms with Gasteiger partial charge in [0, 0.05) is 25.7 Å². The molecule has 102 valence electrons. The Morgan fingerprint density at radius 3 is 2.37 bits per heavy atom. The molecule has 0 bridgehead atoms. The average molecular weight is 262 g/mol. The van der Waals surface area contributed by atoms with Crippen LogP contribution in [0.5, 0.6) is 0 Å². The minimum absolute atomic E-state index is 0.439. The molecule has 1 aliphatic heterocycles. The monoisotopic (exact) mass is 262 g/mol. The minimum atomic E-state index is -1.07. The Morgan fingerprint density at radius 2 is 1.74 bits per heavy atom. The van der Waals surface area contributed by atoms with Crippen LogP contribution in [0.3, 0.4) is 0 Å². The van der Waals surface area contributed by atoms with E-state index in [0.717, 1.165) is 0 Å². The fourth-order valence-electron chi connectivity index (χ4n) is 2.19. The van der Waals surface area contributed by atoms with E-state index in [2.05, 4.69) is 0 Å². The molecule has 0 aliphatic carbocycles. The third-order valence-corrected chi connectivity index (χ3v) is 3.29. The second-order valence-corrected chi connectivity index (χ2v) is 5.26. The van der Waals surface area contributed by atoms with Gasteiger partial charge in [-0.1, -0.05) is 18.2 Å². The summed E-state index contributed by atoms with van der Waals surface area (Å²) in [5, 5.41) is 10.2. The highest BCUT2D eigenvalue weighted by Crippen LogP contribution is 2.31. The number of benzene rings is 1. The first-order valence-corrected chi connectivity index (χ1v) is 6.21. The molecule has 0 aromatic heterocycles. The Bertz CT molecular complexity index is 520. The summed E-state index contributed by atoms with van der Waals surface area (Å²) in [6, 6.07) is 7.12. The van der Waals surface area contributed by atoms with E-state index in [4.69, 9.17) is 0 Å². The van der Waals surface area contributed by atoms with Gasteiger partial charge in [-0.2, -0.15) is 0 Å². The number of rotatable bonds is 2. The molecule has 1 aromatic rings. The quantitative estimate of drug-likeness (QED) is 0.799. The number of nitrogens with zero attached hydrogens (tertiary/aromatic N) is 2.